The number of carbonyl (C=O) groups is 1. The van der Waals surface area contributed by atoms with Crippen molar-refractivity contribution in [2.24, 2.45) is 0 Å². The van der Waals surface area contributed by atoms with Crippen LogP contribution in [0.1, 0.15) is 32.9 Å². The molecule has 1 N–H and O–H groups in total. The van der Waals surface area contributed by atoms with Gasteiger partial charge < -0.3 is 5.32 Å². The molecule has 0 aliphatic heterocycles. The van der Waals surface area contributed by atoms with E-state index in [9.17, 15) is 4.79 Å². The van der Waals surface area contributed by atoms with Crippen LogP contribution in [0.5, 0.6) is 0 Å². The number of amides is 1. The first-order valence-corrected chi connectivity index (χ1v) is 8.05. The van der Waals surface area contributed by atoms with Crippen LogP contribution < -0.4 is 5.32 Å². The van der Waals surface area contributed by atoms with Crippen LogP contribution in [-0.2, 0) is 6.54 Å². The largest absolute Gasteiger partial charge is 0.320 e. The third kappa shape index (κ3) is 4.52. The maximum Gasteiger partial charge on any atom is 0.255 e. The fourth-order valence-corrected chi connectivity index (χ4v) is 2.76. The summed E-state index contributed by atoms with van der Waals surface area (Å²) in [6.45, 7) is 11.2. The third-order valence-corrected chi connectivity index (χ3v) is 3.87. The van der Waals surface area contributed by atoms with Crippen molar-refractivity contribution in [1.82, 2.24) is 9.88 Å². The van der Waals surface area contributed by atoms with Crippen LogP contribution in [-0.4, -0.2) is 29.4 Å². The number of benzene rings is 1. The molecule has 1 aromatic heterocycles. The summed E-state index contributed by atoms with van der Waals surface area (Å²) in [5.41, 5.74) is 5.42. The average Bonchev–Trinajstić information content (AvgIpc) is 2.51. The van der Waals surface area contributed by atoms with E-state index in [4.69, 9.17) is 0 Å². The van der Waals surface area contributed by atoms with E-state index in [0.29, 0.717) is 5.56 Å². The highest BCUT2D eigenvalue weighted by Gasteiger charge is 2.11. The van der Waals surface area contributed by atoms with E-state index in [2.05, 4.69) is 21.8 Å². The lowest BCUT2D eigenvalue weighted by Gasteiger charge is -2.15. The Labute approximate surface area is 144 Å². The molecule has 0 spiro atoms. The second kappa shape index (κ2) is 7.88. The first-order valence-electron chi connectivity index (χ1n) is 8.05. The third-order valence-electron chi connectivity index (χ3n) is 3.87. The summed E-state index contributed by atoms with van der Waals surface area (Å²) >= 11 is 0. The lowest BCUT2D eigenvalue weighted by molar-refractivity contribution is 0.102. The van der Waals surface area contributed by atoms with E-state index in [1.165, 1.54) is 5.56 Å². The maximum atomic E-state index is 12.5. The van der Waals surface area contributed by atoms with E-state index in [0.717, 1.165) is 35.7 Å². The van der Waals surface area contributed by atoms with Crippen LogP contribution in [0.2, 0.25) is 0 Å². The Morgan fingerprint density at radius 1 is 1.25 bits per heavy atom. The van der Waals surface area contributed by atoms with Crippen LogP contribution in [0.3, 0.4) is 0 Å². The number of likely N-dealkylation sites (N-methyl/N-ethyl adjacent to an activating group) is 1. The second-order valence-electron chi connectivity index (χ2n) is 6.18. The Hall–Kier alpha value is -2.46. The van der Waals surface area contributed by atoms with Gasteiger partial charge in [-0.05, 0) is 57.1 Å². The number of nitrogens with zero attached hydrogens (tertiary/aromatic N) is 2. The van der Waals surface area contributed by atoms with Crippen LogP contribution in [0, 0.1) is 20.8 Å². The Kier molecular flexibility index (Phi) is 5.88. The van der Waals surface area contributed by atoms with Crippen LogP contribution in [0.15, 0.2) is 43.0 Å². The van der Waals surface area contributed by atoms with Gasteiger partial charge in [0.25, 0.3) is 5.91 Å². The first-order chi connectivity index (χ1) is 11.4. The molecule has 2 aromatic rings. The van der Waals surface area contributed by atoms with Gasteiger partial charge in [0.1, 0.15) is 0 Å². The number of aromatic nitrogens is 1. The van der Waals surface area contributed by atoms with E-state index in [1.807, 2.05) is 64.2 Å². The van der Waals surface area contributed by atoms with Gasteiger partial charge in [0.2, 0.25) is 0 Å². The zero-order chi connectivity index (χ0) is 17.7. The molecule has 24 heavy (non-hydrogen) atoms. The molecule has 0 aliphatic rings. The number of hydrogen-bond donors (Lipinski definition) is 1. The highest BCUT2D eigenvalue weighted by atomic mass is 16.1. The minimum Gasteiger partial charge on any atom is -0.320 e. The summed E-state index contributed by atoms with van der Waals surface area (Å²) in [6.07, 6.45) is 1.88. The standard InChI is InChI=1S/C20H25N3O/c1-6-11-23(5)13-17-7-9-18(10-8-17)20(24)22-19-14(2)12-15(3)21-16(19)4/h6-10,12H,1,11,13H2,2-5H3,(H,22,24). The SMILES string of the molecule is C=CCN(C)Cc1ccc(C(=O)Nc2c(C)cc(C)nc2C)cc1. The van der Waals surface area contributed by atoms with Crippen LogP contribution in [0.25, 0.3) is 0 Å². The summed E-state index contributed by atoms with van der Waals surface area (Å²) in [6, 6.07) is 9.67. The number of aryl methyl sites for hydroxylation is 3. The van der Waals surface area contributed by atoms with E-state index in [-0.39, 0.29) is 5.91 Å². The molecule has 4 heteroatoms. The Morgan fingerprint density at radius 2 is 1.92 bits per heavy atom. The van der Waals surface area contributed by atoms with E-state index in [1.54, 1.807) is 0 Å². The van der Waals surface area contributed by atoms with Crippen molar-refractivity contribution in [2.75, 3.05) is 18.9 Å². The molecule has 0 saturated heterocycles. The molecule has 0 aliphatic carbocycles. The fraction of sp³-hybridized carbons (Fsp3) is 0.300. The molecule has 1 heterocycles. The Morgan fingerprint density at radius 3 is 2.50 bits per heavy atom. The number of anilines is 1. The van der Waals surface area contributed by atoms with Crippen molar-refractivity contribution in [3.63, 3.8) is 0 Å². The molecule has 0 atom stereocenters. The molecule has 0 saturated carbocycles. The normalized spacial score (nSPS) is 10.7. The summed E-state index contributed by atoms with van der Waals surface area (Å²) in [4.78, 5) is 19.1. The molecule has 0 unspecified atom stereocenters. The van der Waals surface area contributed by atoms with Crippen molar-refractivity contribution in [2.45, 2.75) is 27.3 Å². The molecule has 1 aromatic carbocycles. The van der Waals surface area contributed by atoms with Crippen molar-refractivity contribution >= 4 is 11.6 Å². The Bertz CT molecular complexity index is 712. The highest BCUT2D eigenvalue weighted by molar-refractivity contribution is 6.04. The van der Waals surface area contributed by atoms with Crippen LogP contribution in [0.4, 0.5) is 5.69 Å². The molecule has 0 radical (unpaired) electrons. The molecular formula is C20H25N3O. The molecule has 0 bridgehead atoms. The van der Waals surface area contributed by atoms with Gasteiger partial charge in [0.05, 0.1) is 11.4 Å². The zero-order valence-corrected chi connectivity index (χ0v) is 14.9. The quantitative estimate of drug-likeness (QED) is 0.821. The maximum absolute atomic E-state index is 12.5. The molecule has 2 rings (SSSR count). The van der Waals surface area contributed by atoms with Crippen molar-refractivity contribution in [3.05, 3.63) is 71.1 Å². The number of nitrogens with one attached hydrogen (secondary N) is 1. The molecule has 126 valence electrons. The van der Waals surface area contributed by atoms with Gasteiger partial charge in [-0.3, -0.25) is 14.7 Å². The summed E-state index contributed by atoms with van der Waals surface area (Å²) in [5, 5.41) is 2.98. The summed E-state index contributed by atoms with van der Waals surface area (Å²) in [5.74, 6) is -0.113. The smallest absolute Gasteiger partial charge is 0.255 e. The second-order valence-corrected chi connectivity index (χ2v) is 6.18. The predicted molar refractivity (Wildman–Crippen MR) is 99.4 cm³/mol. The highest BCUT2D eigenvalue weighted by Crippen LogP contribution is 2.20. The summed E-state index contributed by atoms with van der Waals surface area (Å²) in [7, 11) is 2.04. The zero-order valence-electron chi connectivity index (χ0n) is 14.9. The predicted octanol–water partition coefficient (Wildman–Crippen LogP) is 3.88. The van der Waals surface area contributed by atoms with Gasteiger partial charge in [-0.2, -0.15) is 0 Å². The number of pyridine rings is 1. The van der Waals surface area contributed by atoms with Crippen molar-refractivity contribution < 1.29 is 4.79 Å². The van der Waals surface area contributed by atoms with Gasteiger partial charge >= 0.3 is 0 Å². The van der Waals surface area contributed by atoms with Gasteiger partial charge in [-0.25, -0.2) is 0 Å². The van der Waals surface area contributed by atoms with Gasteiger partial charge in [-0.15, -0.1) is 6.58 Å². The van der Waals surface area contributed by atoms with Gasteiger partial charge in [-0.1, -0.05) is 18.2 Å². The molecule has 0 fully saturated rings. The van der Waals surface area contributed by atoms with Gasteiger partial charge in [0, 0.05) is 24.3 Å². The lowest BCUT2D eigenvalue weighted by atomic mass is 10.1. The number of hydrogen-bond acceptors (Lipinski definition) is 3. The molecular weight excluding hydrogens is 298 g/mol. The number of rotatable bonds is 6. The fourth-order valence-electron chi connectivity index (χ4n) is 2.76. The van der Waals surface area contributed by atoms with Gasteiger partial charge in [0.15, 0.2) is 0 Å². The van der Waals surface area contributed by atoms with E-state index >= 15 is 0 Å². The topological polar surface area (TPSA) is 45.2 Å². The van der Waals surface area contributed by atoms with Crippen molar-refractivity contribution in [3.8, 4) is 0 Å². The van der Waals surface area contributed by atoms with Crippen LogP contribution >= 0.6 is 0 Å². The molecule has 4 nitrogen and oxygen atoms in total. The molecule has 1 amide bonds. The van der Waals surface area contributed by atoms with E-state index < -0.39 is 0 Å². The minimum absolute atomic E-state index is 0.113. The summed E-state index contributed by atoms with van der Waals surface area (Å²) < 4.78 is 0. The average molecular weight is 323 g/mol. The lowest BCUT2D eigenvalue weighted by Crippen LogP contribution is -2.18. The minimum atomic E-state index is -0.113. The Balaban J connectivity index is 2.09. The monoisotopic (exact) mass is 323 g/mol. The first kappa shape index (κ1) is 17.9. The number of carbonyl (C=O) groups excluding carboxylic acids is 1. The van der Waals surface area contributed by atoms with Crippen molar-refractivity contribution in [1.29, 1.82) is 0 Å².